The van der Waals surface area contributed by atoms with Crippen LogP contribution in [0.2, 0.25) is 5.15 Å². The number of ether oxygens (including phenoxy) is 1. The van der Waals surface area contributed by atoms with Gasteiger partial charge in [0.1, 0.15) is 5.15 Å². The molecule has 1 unspecified atom stereocenters. The van der Waals surface area contributed by atoms with Gasteiger partial charge in [0.25, 0.3) is 5.91 Å². The van der Waals surface area contributed by atoms with Crippen molar-refractivity contribution >= 4 is 17.5 Å². The highest BCUT2D eigenvalue weighted by atomic mass is 35.5. The number of halogens is 1. The number of aliphatic hydroxyl groups excluding tert-OH is 1. The Morgan fingerprint density at radius 2 is 2.20 bits per heavy atom. The third-order valence-electron chi connectivity index (χ3n) is 2.90. The molecule has 114 valence electrons. The van der Waals surface area contributed by atoms with E-state index in [1.54, 1.807) is 7.05 Å². The minimum atomic E-state index is -0.589. The highest BCUT2D eigenvalue weighted by molar-refractivity contribution is 6.33. The summed E-state index contributed by atoms with van der Waals surface area (Å²) in [6, 6.07) is 0. The Hall–Kier alpha value is -1.11. The number of hydrogen-bond acceptors (Lipinski definition) is 4. The van der Waals surface area contributed by atoms with Crippen LogP contribution in [-0.4, -0.2) is 47.2 Å². The van der Waals surface area contributed by atoms with Crippen molar-refractivity contribution in [3.63, 3.8) is 0 Å². The molecule has 0 radical (unpaired) electrons. The Labute approximate surface area is 124 Å². The smallest absolute Gasteiger partial charge is 0.256 e. The van der Waals surface area contributed by atoms with Gasteiger partial charge < -0.3 is 15.2 Å². The standard InChI is InChI=1S/C13H22ClN3O3/c1-8(2)11-10(12(14)17(3)16-11)13(19)15-6-5-9(18)7-20-4/h8-9,18H,5-7H2,1-4H3,(H,15,19). The van der Waals surface area contributed by atoms with E-state index in [9.17, 15) is 9.90 Å². The van der Waals surface area contributed by atoms with Crippen LogP contribution in [0.5, 0.6) is 0 Å². The fraction of sp³-hybridized carbons (Fsp3) is 0.692. The van der Waals surface area contributed by atoms with Crippen LogP contribution in [-0.2, 0) is 11.8 Å². The molecule has 0 saturated heterocycles. The molecule has 1 atom stereocenters. The summed E-state index contributed by atoms with van der Waals surface area (Å²) < 4.78 is 6.31. The first-order valence-corrected chi connectivity index (χ1v) is 6.93. The van der Waals surface area contributed by atoms with Gasteiger partial charge in [-0.15, -0.1) is 0 Å². The highest BCUT2D eigenvalue weighted by Crippen LogP contribution is 2.24. The number of nitrogens with zero attached hydrogens (tertiary/aromatic N) is 2. The fourth-order valence-corrected chi connectivity index (χ4v) is 2.07. The van der Waals surface area contributed by atoms with E-state index in [2.05, 4.69) is 10.4 Å². The van der Waals surface area contributed by atoms with Crippen molar-refractivity contribution in [2.75, 3.05) is 20.3 Å². The van der Waals surface area contributed by atoms with Gasteiger partial charge in [0.2, 0.25) is 0 Å². The lowest BCUT2D eigenvalue weighted by Gasteiger charge is -2.11. The van der Waals surface area contributed by atoms with Crippen molar-refractivity contribution in [2.24, 2.45) is 7.05 Å². The number of methoxy groups -OCH3 is 1. The number of amides is 1. The van der Waals surface area contributed by atoms with E-state index in [0.29, 0.717) is 29.4 Å². The Morgan fingerprint density at radius 3 is 2.75 bits per heavy atom. The third-order valence-corrected chi connectivity index (χ3v) is 3.33. The number of aliphatic hydroxyl groups is 1. The molecule has 0 aliphatic carbocycles. The largest absolute Gasteiger partial charge is 0.391 e. The van der Waals surface area contributed by atoms with Crippen molar-refractivity contribution in [3.8, 4) is 0 Å². The Balaban J connectivity index is 2.68. The number of rotatable bonds is 7. The lowest BCUT2D eigenvalue weighted by molar-refractivity contribution is 0.0587. The second-order valence-electron chi connectivity index (χ2n) is 4.98. The molecule has 1 heterocycles. The van der Waals surface area contributed by atoms with Crippen LogP contribution in [0.4, 0.5) is 0 Å². The maximum atomic E-state index is 12.2. The summed E-state index contributed by atoms with van der Waals surface area (Å²) in [5, 5.41) is 16.8. The molecular formula is C13H22ClN3O3. The maximum absolute atomic E-state index is 12.2. The molecule has 7 heteroatoms. The van der Waals surface area contributed by atoms with E-state index in [4.69, 9.17) is 16.3 Å². The Bertz CT molecular complexity index is 460. The zero-order valence-electron chi connectivity index (χ0n) is 12.3. The number of aromatic nitrogens is 2. The second kappa shape index (κ2) is 7.61. The first-order chi connectivity index (χ1) is 9.38. The van der Waals surface area contributed by atoms with Crippen molar-refractivity contribution in [3.05, 3.63) is 16.4 Å². The molecule has 1 aromatic rings. The number of aryl methyl sites for hydroxylation is 1. The SMILES string of the molecule is COCC(O)CCNC(=O)c1c(C(C)C)nn(C)c1Cl. The molecular weight excluding hydrogens is 282 g/mol. The van der Waals surface area contributed by atoms with E-state index in [1.807, 2.05) is 13.8 Å². The van der Waals surface area contributed by atoms with Gasteiger partial charge in [-0.1, -0.05) is 25.4 Å². The predicted octanol–water partition coefficient (Wildman–Crippen LogP) is 1.32. The van der Waals surface area contributed by atoms with Gasteiger partial charge in [0.05, 0.1) is 24.0 Å². The summed E-state index contributed by atoms with van der Waals surface area (Å²) in [4.78, 5) is 12.2. The number of hydrogen-bond donors (Lipinski definition) is 2. The zero-order valence-corrected chi connectivity index (χ0v) is 13.1. The summed E-state index contributed by atoms with van der Waals surface area (Å²) in [5.74, 6) is -0.162. The van der Waals surface area contributed by atoms with Crippen LogP contribution in [0.1, 0.15) is 42.2 Å². The fourth-order valence-electron chi connectivity index (χ4n) is 1.85. The van der Waals surface area contributed by atoms with Gasteiger partial charge in [-0.2, -0.15) is 5.10 Å². The summed E-state index contributed by atoms with van der Waals surface area (Å²) in [6.07, 6.45) is -0.164. The van der Waals surface area contributed by atoms with Crippen LogP contribution in [0.3, 0.4) is 0 Å². The van der Waals surface area contributed by atoms with E-state index >= 15 is 0 Å². The summed E-state index contributed by atoms with van der Waals surface area (Å²) in [5.41, 5.74) is 1.08. The van der Waals surface area contributed by atoms with Crippen molar-refractivity contribution < 1.29 is 14.6 Å². The topological polar surface area (TPSA) is 76.4 Å². The lowest BCUT2D eigenvalue weighted by atomic mass is 10.1. The molecule has 1 aromatic heterocycles. The van der Waals surface area contributed by atoms with Crippen LogP contribution in [0.15, 0.2) is 0 Å². The minimum Gasteiger partial charge on any atom is -0.391 e. The molecule has 1 amide bonds. The number of carbonyl (C=O) groups is 1. The zero-order chi connectivity index (χ0) is 15.3. The lowest BCUT2D eigenvalue weighted by Crippen LogP contribution is -2.29. The van der Waals surface area contributed by atoms with Crippen molar-refractivity contribution in [1.29, 1.82) is 0 Å². The van der Waals surface area contributed by atoms with Gasteiger partial charge in [-0.25, -0.2) is 0 Å². The van der Waals surface area contributed by atoms with Crippen LogP contribution < -0.4 is 5.32 Å². The van der Waals surface area contributed by atoms with E-state index in [1.165, 1.54) is 11.8 Å². The highest BCUT2D eigenvalue weighted by Gasteiger charge is 2.23. The normalized spacial score (nSPS) is 12.8. The average Bonchev–Trinajstić information content (AvgIpc) is 2.66. The quantitative estimate of drug-likeness (QED) is 0.796. The molecule has 1 rings (SSSR count). The molecule has 0 aliphatic rings. The average molecular weight is 304 g/mol. The Morgan fingerprint density at radius 1 is 1.55 bits per heavy atom. The molecule has 0 fully saturated rings. The summed E-state index contributed by atoms with van der Waals surface area (Å²) >= 11 is 6.11. The van der Waals surface area contributed by atoms with E-state index in [-0.39, 0.29) is 18.4 Å². The van der Waals surface area contributed by atoms with Gasteiger partial charge in [0, 0.05) is 20.7 Å². The molecule has 2 N–H and O–H groups in total. The third kappa shape index (κ3) is 4.19. The number of nitrogens with one attached hydrogen (secondary N) is 1. The minimum absolute atomic E-state index is 0.105. The van der Waals surface area contributed by atoms with E-state index in [0.717, 1.165) is 0 Å². The van der Waals surface area contributed by atoms with Gasteiger partial charge in [-0.3, -0.25) is 9.48 Å². The second-order valence-corrected chi connectivity index (χ2v) is 5.34. The summed E-state index contributed by atoms with van der Waals surface area (Å²) in [7, 11) is 3.22. The van der Waals surface area contributed by atoms with E-state index < -0.39 is 6.10 Å². The van der Waals surface area contributed by atoms with Crippen molar-refractivity contribution in [2.45, 2.75) is 32.3 Å². The summed E-state index contributed by atoms with van der Waals surface area (Å²) in [6.45, 7) is 4.52. The predicted molar refractivity (Wildman–Crippen MR) is 77.1 cm³/mol. The van der Waals surface area contributed by atoms with Gasteiger partial charge >= 0.3 is 0 Å². The molecule has 6 nitrogen and oxygen atoms in total. The number of carbonyl (C=O) groups excluding carboxylic acids is 1. The van der Waals surface area contributed by atoms with Crippen LogP contribution in [0, 0.1) is 0 Å². The first kappa shape index (κ1) is 16.9. The van der Waals surface area contributed by atoms with Crippen LogP contribution >= 0.6 is 11.6 Å². The van der Waals surface area contributed by atoms with Crippen molar-refractivity contribution in [1.82, 2.24) is 15.1 Å². The first-order valence-electron chi connectivity index (χ1n) is 6.56. The molecule has 0 spiro atoms. The van der Waals surface area contributed by atoms with Crippen LogP contribution in [0.25, 0.3) is 0 Å². The Kier molecular flexibility index (Phi) is 6.45. The monoisotopic (exact) mass is 303 g/mol. The molecule has 0 bridgehead atoms. The molecule has 0 saturated carbocycles. The van der Waals surface area contributed by atoms with Gasteiger partial charge in [-0.05, 0) is 12.3 Å². The van der Waals surface area contributed by atoms with Gasteiger partial charge in [0.15, 0.2) is 0 Å². The maximum Gasteiger partial charge on any atom is 0.256 e. The molecule has 20 heavy (non-hydrogen) atoms. The molecule has 0 aromatic carbocycles. The molecule has 0 aliphatic heterocycles.